The summed E-state index contributed by atoms with van der Waals surface area (Å²) in [5.41, 5.74) is 1.17. The quantitative estimate of drug-likeness (QED) is 0.589. The minimum atomic E-state index is -0.0352. The van der Waals surface area contributed by atoms with Crippen molar-refractivity contribution in [3.63, 3.8) is 0 Å². The molecule has 0 amide bonds. The Balaban J connectivity index is 2.81. The highest BCUT2D eigenvalue weighted by Gasteiger charge is 2.21. The third kappa shape index (κ3) is 1.81. The van der Waals surface area contributed by atoms with Gasteiger partial charge in [-0.1, -0.05) is 30.3 Å². The van der Waals surface area contributed by atoms with Gasteiger partial charge in [-0.15, -0.1) is 0 Å². The zero-order chi connectivity index (χ0) is 16.6. The van der Waals surface area contributed by atoms with Crippen LogP contribution >= 0.6 is 0 Å². The summed E-state index contributed by atoms with van der Waals surface area (Å²) in [5, 5.41) is 40.7. The molecule has 104 valence electrons. The van der Waals surface area contributed by atoms with Crippen LogP contribution in [0.5, 0.6) is 0 Å². The van der Waals surface area contributed by atoms with Crippen molar-refractivity contribution in [1.82, 2.24) is 0 Å². The smallest absolute Gasteiger partial charge is 0.102 e. The second kappa shape index (κ2) is 5.16. The molecule has 23 heavy (non-hydrogen) atoms. The minimum Gasteiger partial charge on any atom is -0.192 e. The largest absolute Gasteiger partial charge is 0.192 e. The minimum absolute atomic E-state index is 0.0326. The van der Waals surface area contributed by atoms with E-state index in [-0.39, 0.29) is 22.3 Å². The number of fused-ring (bicyclic) bond motifs is 3. The lowest BCUT2D eigenvalue weighted by atomic mass is 9.87. The number of benzene rings is 3. The van der Waals surface area contributed by atoms with Crippen LogP contribution in [0.15, 0.2) is 30.3 Å². The van der Waals surface area contributed by atoms with Crippen LogP contribution in [-0.4, -0.2) is 0 Å². The summed E-state index contributed by atoms with van der Waals surface area (Å²) in [5.74, 6) is 0. The number of hydrogen-bond donors (Lipinski definition) is 0. The Hall–Kier alpha value is -3.86. The molecule has 4 heteroatoms. The first-order valence-electron chi connectivity index (χ1n) is 6.80. The van der Waals surface area contributed by atoms with Gasteiger partial charge in [0.05, 0.1) is 22.3 Å². The zero-order valence-electron chi connectivity index (χ0n) is 12.2. The van der Waals surface area contributed by atoms with Gasteiger partial charge >= 0.3 is 0 Å². The van der Waals surface area contributed by atoms with Gasteiger partial charge in [-0.05, 0) is 23.3 Å². The molecular weight excluding hydrogens is 284 g/mol. The van der Waals surface area contributed by atoms with Crippen LogP contribution < -0.4 is 0 Å². The monoisotopic (exact) mass is 292 g/mol. The Morgan fingerprint density at radius 2 is 1.26 bits per heavy atom. The first-order chi connectivity index (χ1) is 11.2. The van der Waals surface area contributed by atoms with E-state index in [1.165, 1.54) is 0 Å². The Morgan fingerprint density at radius 3 is 1.87 bits per heavy atom. The van der Waals surface area contributed by atoms with E-state index in [2.05, 4.69) is 6.07 Å². The van der Waals surface area contributed by atoms with Gasteiger partial charge in [-0.2, -0.15) is 21.0 Å². The van der Waals surface area contributed by atoms with Crippen LogP contribution in [0.2, 0.25) is 0 Å². The van der Waals surface area contributed by atoms with E-state index in [1.807, 2.05) is 49.4 Å². The number of nitrogens with zero attached hydrogens (tertiary/aromatic N) is 4. The van der Waals surface area contributed by atoms with Crippen molar-refractivity contribution < 1.29 is 0 Å². The number of rotatable bonds is 0. The van der Waals surface area contributed by atoms with Crippen molar-refractivity contribution >= 4 is 21.5 Å². The van der Waals surface area contributed by atoms with E-state index in [0.29, 0.717) is 10.8 Å². The summed E-state index contributed by atoms with van der Waals surface area (Å²) in [6.45, 7) is 1.92. The zero-order valence-corrected chi connectivity index (χ0v) is 12.2. The third-order valence-corrected chi connectivity index (χ3v) is 3.97. The molecule has 0 radical (unpaired) electrons. The lowest BCUT2D eigenvalue weighted by Gasteiger charge is -2.12. The van der Waals surface area contributed by atoms with Gasteiger partial charge in [-0.3, -0.25) is 0 Å². The van der Waals surface area contributed by atoms with E-state index in [0.717, 1.165) is 16.3 Å². The molecule has 0 fully saturated rings. The van der Waals surface area contributed by atoms with Gasteiger partial charge in [0, 0.05) is 10.8 Å². The Labute approximate surface area is 132 Å². The maximum Gasteiger partial charge on any atom is 0.102 e. The van der Waals surface area contributed by atoms with Crippen LogP contribution in [0.25, 0.3) is 21.5 Å². The maximum absolute atomic E-state index is 9.59. The van der Waals surface area contributed by atoms with E-state index in [4.69, 9.17) is 0 Å². The molecule has 0 aliphatic carbocycles. The van der Waals surface area contributed by atoms with Crippen molar-refractivity contribution in [2.45, 2.75) is 6.92 Å². The molecule has 0 aromatic heterocycles. The van der Waals surface area contributed by atoms with Crippen LogP contribution in [0.1, 0.15) is 27.8 Å². The normalized spacial score (nSPS) is 9.78. The fourth-order valence-electron chi connectivity index (χ4n) is 2.99. The van der Waals surface area contributed by atoms with E-state index >= 15 is 0 Å². The summed E-state index contributed by atoms with van der Waals surface area (Å²) in [7, 11) is 0. The summed E-state index contributed by atoms with van der Waals surface area (Å²) in [6.07, 6.45) is 0. The van der Waals surface area contributed by atoms with Crippen molar-refractivity contribution in [2.24, 2.45) is 0 Å². The van der Waals surface area contributed by atoms with Crippen LogP contribution in [0.4, 0.5) is 0 Å². The number of hydrogen-bond acceptors (Lipinski definition) is 4. The van der Waals surface area contributed by atoms with Crippen LogP contribution in [0.3, 0.4) is 0 Å². The van der Waals surface area contributed by atoms with E-state index in [1.54, 1.807) is 6.07 Å². The first kappa shape index (κ1) is 14.1. The molecule has 3 aromatic carbocycles. The van der Waals surface area contributed by atoms with E-state index in [9.17, 15) is 21.0 Å². The molecule has 0 saturated carbocycles. The third-order valence-electron chi connectivity index (χ3n) is 3.97. The molecule has 0 heterocycles. The molecule has 0 bridgehead atoms. The SMILES string of the molecule is Cc1cccc2ccc3c(C#N)c(C#N)c(C#N)c(C#N)c3c12. The van der Waals surface area contributed by atoms with Gasteiger partial charge in [0.2, 0.25) is 0 Å². The molecule has 0 spiro atoms. The average Bonchev–Trinajstić information content (AvgIpc) is 2.58. The summed E-state index contributed by atoms with van der Waals surface area (Å²) < 4.78 is 0. The Morgan fingerprint density at radius 1 is 0.652 bits per heavy atom. The highest BCUT2D eigenvalue weighted by molar-refractivity contribution is 6.14. The molecule has 0 aliphatic heterocycles. The van der Waals surface area contributed by atoms with Crippen molar-refractivity contribution in [3.05, 3.63) is 58.1 Å². The highest BCUT2D eigenvalue weighted by atomic mass is 14.3. The molecule has 0 aliphatic rings. The van der Waals surface area contributed by atoms with Crippen molar-refractivity contribution in [2.75, 3.05) is 0 Å². The van der Waals surface area contributed by atoms with Crippen molar-refractivity contribution in [1.29, 1.82) is 21.0 Å². The first-order valence-corrected chi connectivity index (χ1v) is 6.80. The molecule has 3 aromatic rings. The van der Waals surface area contributed by atoms with Crippen LogP contribution in [-0.2, 0) is 0 Å². The molecule has 0 unspecified atom stereocenters. The topological polar surface area (TPSA) is 95.2 Å². The van der Waals surface area contributed by atoms with Crippen LogP contribution in [0, 0.1) is 52.2 Å². The van der Waals surface area contributed by atoms with Gasteiger partial charge in [0.25, 0.3) is 0 Å². The maximum atomic E-state index is 9.59. The van der Waals surface area contributed by atoms with Gasteiger partial charge in [0.15, 0.2) is 0 Å². The average molecular weight is 292 g/mol. The Kier molecular flexibility index (Phi) is 3.16. The predicted molar refractivity (Wildman–Crippen MR) is 85.1 cm³/mol. The second-order valence-corrected chi connectivity index (χ2v) is 5.11. The molecule has 0 atom stereocenters. The van der Waals surface area contributed by atoms with Gasteiger partial charge in [-0.25, -0.2) is 0 Å². The van der Waals surface area contributed by atoms with Crippen molar-refractivity contribution in [3.8, 4) is 24.3 Å². The number of nitriles is 4. The lowest BCUT2D eigenvalue weighted by Crippen LogP contribution is -1.98. The fourth-order valence-corrected chi connectivity index (χ4v) is 2.99. The van der Waals surface area contributed by atoms with Gasteiger partial charge in [0.1, 0.15) is 24.3 Å². The molecule has 4 nitrogen and oxygen atoms in total. The lowest BCUT2D eigenvalue weighted by molar-refractivity contribution is 1.39. The highest BCUT2D eigenvalue weighted by Crippen LogP contribution is 2.36. The molecule has 0 saturated heterocycles. The fraction of sp³-hybridized carbons (Fsp3) is 0.0526. The summed E-state index contributed by atoms with van der Waals surface area (Å²) >= 11 is 0. The van der Waals surface area contributed by atoms with E-state index < -0.39 is 0 Å². The standard InChI is InChI=1S/C19H8N4/c1-11-3-2-4-12-5-6-13-14(7-20)15(8-21)16(9-22)17(10-23)19(13)18(11)12/h2-6H,1H3. The Bertz CT molecular complexity index is 1160. The van der Waals surface area contributed by atoms with Gasteiger partial charge < -0.3 is 0 Å². The molecule has 0 N–H and O–H groups in total. The number of aryl methyl sites for hydroxylation is 1. The summed E-state index contributed by atoms with van der Waals surface area (Å²) in [4.78, 5) is 0. The molecular formula is C19H8N4. The summed E-state index contributed by atoms with van der Waals surface area (Å²) in [6, 6.07) is 17.2. The predicted octanol–water partition coefficient (Wildman–Crippen LogP) is 3.79. The molecule has 3 rings (SSSR count). The second-order valence-electron chi connectivity index (χ2n) is 5.11.